The van der Waals surface area contributed by atoms with Crippen LogP contribution < -0.4 is 10.3 Å². The Morgan fingerprint density at radius 1 is 0.893 bits per heavy atom. The lowest BCUT2D eigenvalue weighted by atomic mass is 10.2. The molecule has 0 bridgehead atoms. The summed E-state index contributed by atoms with van der Waals surface area (Å²) in [4.78, 5) is 17.9. The molecule has 4 heteroatoms. The van der Waals surface area contributed by atoms with Crippen LogP contribution in [-0.2, 0) is 6.54 Å². The third-order valence-corrected chi connectivity index (χ3v) is 4.62. The molecule has 0 saturated carbocycles. The van der Waals surface area contributed by atoms with Gasteiger partial charge in [-0.25, -0.2) is 4.98 Å². The molecule has 0 amide bonds. The average Bonchev–Trinajstić information content (AvgIpc) is 2.75. The van der Waals surface area contributed by atoms with Crippen molar-refractivity contribution in [3.63, 3.8) is 0 Å². The van der Waals surface area contributed by atoms with Gasteiger partial charge in [-0.1, -0.05) is 60.7 Å². The Morgan fingerprint density at radius 2 is 1.61 bits per heavy atom. The molecule has 4 aromatic rings. The van der Waals surface area contributed by atoms with Crippen molar-refractivity contribution in [1.82, 2.24) is 9.55 Å². The highest BCUT2D eigenvalue weighted by atomic mass is 16.5. The van der Waals surface area contributed by atoms with Crippen molar-refractivity contribution in [2.75, 3.05) is 7.11 Å². The van der Waals surface area contributed by atoms with E-state index >= 15 is 0 Å². The van der Waals surface area contributed by atoms with Gasteiger partial charge in [-0.15, -0.1) is 0 Å². The Bertz CT molecular complexity index is 1180. The van der Waals surface area contributed by atoms with E-state index in [2.05, 4.69) is 0 Å². The molecule has 0 spiro atoms. The van der Waals surface area contributed by atoms with Gasteiger partial charge in [0.1, 0.15) is 11.6 Å². The van der Waals surface area contributed by atoms with Gasteiger partial charge in [-0.05, 0) is 41.5 Å². The number of methoxy groups -OCH3 is 1. The molecule has 0 saturated heterocycles. The predicted octanol–water partition coefficient (Wildman–Crippen LogP) is 4.62. The normalized spacial score (nSPS) is 11.2. The smallest absolute Gasteiger partial charge is 0.261 e. The standard InChI is InChI=1S/C24H20N2O2/c1-28-20-14-11-18(12-15-20)13-16-23-25-22-10-6-5-9-21(22)24(27)26(23)17-19-7-3-2-4-8-19/h2-16H,17H2,1H3/b16-13+. The molecular weight excluding hydrogens is 348 g/mol. The number of benzene rings is 3. The fourth-order valence-corrected chi connectivity index (χ4v) is 3.12. The molecule has 0 N–H and O–H groups in total. The minimum absolute atomic E-state index is 0.0381. The van der Waals surface area contributed by atoms with E-state index in [1.54, 1.807) is 11.7 Å². The molecule has 0 atom stereocenters. The molecule has 4 nitrogen and oxygen atoms in total. The van der Waals surface area contributed by atoms with Gasteiger partial charge in [0.25, 0.3) is 5.56 Å². The molecule has 1 heterocycles. The lowest BCUT2D eigenvalue weighted by Gasteiger charge is -2.11. The van der Waals surface area contributed by atoms with Gasteiger partial charge in [0, 0.05) is 0 Å². The number of hydrogen-bond acceptors (Lipinski definition) is 3. The molecule has 0 aliphatic heterocycles. The van der Waals surface area contributed by atoms with E-state index in [0.717, 1.165) is 16.9 Å². The Balaban J connectivity index is 1.79. The number of ether oxygens (including phenoxy) is 1. The quantitative estimate of drug-likeness (QED) is 0.516. The second-order valence-electron chi connectivity index (χ2n) is 6.47. The van der Waals surface area contributed by atoms with Crippen LogP contribution >= 0.6 is 0 Å². The molecule has 28 heavy (non-hydrogen) atoms. The van der Waals surface area contributed by atoms with Crippen molar-refractivity contribution in [2.24, 2.45) is 0 Å². The molecule has 0 aliphatic carbocycles. The molecule has 4 rings (SSSR count). The number of fused-ring (bicyclic) bond motifs is 1. The maximum atomic E-state index is 13.1. The van der Waals surface area contributed by atoms with E-state index in [0.29, 0.717) is 23.3 Å². The highest BCUT2D eigenvalue weighted by Crippen LogP contribution is 2.15. The van der Waals surface area contributed by atoms with Gasteiger partial charge in [0.15, 0.2) is 0 Å². The van der Waals surface area contributed by atoms with Crippen LogP contribution in [-0.4, -0.2) is 16.7 Å². The molecule has 0 unspecified atom stereocenters. The summed E-state index contributed by atoms with van der Waals surface area (Å²) in [6.07, 6.45) is 3.84. The zero-order valence-corrected chi connectivity index (χ0v) is 15.6. The largest absolute Gasteiger partial charge is 0.497 e. The first-order valence-electron chi connectivity index (χ1n) is 9.10. The van der Waals surface area contributed by atoms with Gasteiger partial charge in [-0.3, -0.25) is 9.36 Å². The second kappa shape index (κ2) is 7.92. The highest BCUT2D eigenvalue weighted by molar-refractivity contribution is 5.79. The summed E-state index contributed by atoms with van der Waals surface area (Å²) in [5.74, 6) is 1.44. The van der Waals surface area contributed by atoms with E-state index in [-0.39, 0.29) is 5.56 Å². The van der Waals surface area contributed by atoms with Crippen molar-refractivity contribution >= 4 is 23.1 Å². The van der Waals surface area contributed by atoms with Crippen LogP contribution in [0.4, 0.5) is 0 Å². The van der Waals surface area contributed by atoms with E-state index < -0.39 is 0 Å². The van der Waals surface area contributed by atoms with Gasteiger partial charge >= 0.3 is 0 Å². The molecule has 0 fully saturated rings. The molecule has 0 radical (unpaired) electrons. The zero-order valence-electron chi connectivity index (χ0n) is 15.6. The van der Waals surface area contributed by atoms with Crippen molar-refractivity contribution in [3.8, 4) is 5.75 Å². The SMILES string of the molecule is COc1ccc(/C=C/c2nc3ccccc3c(=O)n2Cc2ccccc2)cc1. The Morgan fingerprint density at radius 3 is 2.36 bits per heavy atom. The van der Waals surface area contributed by atoms with Crippen LogP contribution in [0, 0.1) is 0 Å². The number of nitrogens with zero attached hydrogens (tertiary/aromatic N) is 2. The van der Waals surface area contributed by atoms with Crippen LogP contribution in [0.5, 0.6) is 5.75 Å². The summed E-state index contributed by atoms with van der Waals surface area (Å²) in [6, 6.07) is 25.1. The molecule has 0 aliphatic rings. The number of para-hydroxylation sites is 1. The van der Waals surface area contributed by atoms with Gasteiger partial charge in [0.2, 0.25) is 0 Å². The molecule has 3 aromatic carbocycles. The lowest BCUT2D eigenvalue weighted by molar-refractivity contribution is 0.415. The van der Waals surface area contributed by atoms with Crippen LogP contribution in [0.1, 0.15) is 17.0 Å². The molecule has 138 valence electrons. The maximum Gasteiger partial charge on any atom is 0.261 e. The van der Waals surface area contributed by atoms with Gasteiger partial charge < -0.3 is 4.74 Å². The van der Waals surface area contributed by atoms with E-state index in [1.807, 2.05) is 91.0 Å². The van der Waals surface area contributed by atoms with E-state index in [4.69, 9.17) is 9.72 Å². The Hall–Kier alpha value is -3.66. The van der Waals surface area contributed by atoms with Crippen LogP contribution in [0.3, 0.4) is 0 Å². The predicted molar refractivity (Wildman–Crippen MR) is 113 cm³/mol. The summed E-state index contributed by atoms with van der Waals surface area (Å²) in [6.45, 7) is 0.472. The van der Waals surface area contributed by atoms with Crippen molar-refractivity contribution in [3.05, 3.63) is 106 Å². The summed E-state index contributed by atoms with van der Waals surface area (Å²) in [5, 5.41) is 0.625. The summed E-state index contributed by atoms with van der Waals surface area (Å²) in [7, 11) is 1.64. The fourth-order valence-electron chi connectivity index (χ4n) is 3.12. The number of aromatic nitrogens is 2. The first kappa shape index (κ1) is 17.7. The number of rotatable bonds is 5. The van der Waals surface area contributed by atoms with Crippen LogP contribution in [0.25, 0.3) is 23.1 Å². The van der Waals surface area contributed by atoms with Crippen molar-refractivity contribution < 1.29 is 4.74 Å². The minimum Gasteiger partial charge on any atom is -0.497 e. The second-order valence-corrected chi connectivity index (χ2v) is 6.47. The zero-order chi connectivity index (χ0) is 19.3. The summed E-state index contributed by atoms with van der Waals surface area (Å²) in [5.41, 5.74) is 2.73. The van der Waals surface area contributed by atoms with Gasteiger partial charge in [0.05, 0.1) is 24.6 Å². The third-order valence-electron chi connectivity index (χ3n) is 4.62. The first-order valence-corrected chi connectivity index (χ1v) is 9.10. The van der Waals surface area contributed by atoms with Crippen LogP contribution in [0.15, 0.2) is 83.7 Å². The summed E-state index contributed by atoms with van der Waals surface area (Å²) >= 11 is 0. The van der Waals surface area contributed by atoms with E-state index in [1.165, 1.54) is 0 Å². The lowest BCUT2D eigenvalue weighted by Crippen LogP contribution is -2.24. The van der Waals surface area contributed by atoms with Crippen molar-refractivity contribution in [1.29, 1.82) is 0 Å². The monoisotopic (exact) mass is 368 g/mol. The Kier molecular flexibility index (Phi) is 5.02. The average molecular weight is 368 g/mol. The summed E-state index contributed by atoms with van der Waals surface area (Å²) < 4.78 is 6.92. The maximum absolute atomic E-state index is 13.1. The molecule has 1 aromatic heterocycles. The van der Waals surface area contributed by atoms with E-state index in [9.17, 15) is 4.79 Å². The topological polar surface area (TPSA) is 44.1 Å². The third kappa shape index (κ3) is 3.71. The highest BCUT2D eigenvalue weighted by Gasteiger charge is 2.09. The van der Waals surface area contributed by atoms with Crippen LogP contribution in [0.2, 0.25) is 0 Å². The Labute approximate surface area is 163 Å². The van der Waals surface area contributed by atoms with Gasteiger partial charge in [-0.2, -0.15) is 0 Å². The number of hydrogen-bond donors (Lipinski definition) is 0. The minimum atomic E-state index is -0.0381. The first-order chi connectivity index (χ1) is 13.7. The fraction of sp³-hybridized carbons (Fsp3) is 0.0833. The van der Waals surface area contributed by atoms with Crippen molar-refractivity contribution in [2.45, 2.75) is 6.54 Å². The molecular formula is C24H20N2O2.